The monoisotopic (exact) mass is 259 g/mol. The summed E-state index contributed by atoms with van der Waals surface area (Å²) in [5, 5.41) is 0. The average Bonchev–Trinajstić information content (AvgIpc) is 2.46. The molecule has 2 rings (SSSR count). The van der Waals surface area contributed by atoms with Crippen molar-refractivity contribution in [2.45, 2.75) is 19.4 Å². The molecule has 0 aliphatic heterocycles. The van der Waals surface area contributed by atoms with Gasteiger partial charge in [0.05, 0.1) is 0 Å². The summed E-state index contributed by atoms with van der Waals surface area (Å²) in [5.41, 5.74) is 7.94. The Morgan fingerprint density at radius 3 is 2.26 bits per heavy atom. The van der Waals surface area contributed by atoms with Crippen molar-refractivity contribution in [2.75, 3.05) is 6.54 Å². The molecule has 0 aromatic heterocycles. The minimum atomic E-state index is -0.257. The van der Waals surface area contributed by atoms with E-state index in [0.717, 1.165) is 5.56 Å². The lowest BCUT2D eigenvalue weighted by Gasteiger charge is -2.10. The highest BCUT2D eigenvalue weighted by Gasteiger charge is 2.03. The lowest BCUT2D eigenvalue weighted by molar-refractivity contribution is 0.305. The van der Waals surface area contributed by atoms with Crippen LogP contribution in [0, 0.1) is 5.82 Å². The molecule has 0 saturated carbocycles. The Kier molecular flexibility index (Phi) is 4.53. The van der Waals surface area contributed by atoms with Gasteiger partial charge in [-0.1, -0.05) is 31.2 Å². The maximum Gasteiger partial charge on any atom is 0.123 e. The Labute approximate surface area is 113 Å². The smallest absolute Gasteiger partial charge is 0.123 e. The van der Waals surface area contributed by atoms with Crippen LogP contribution in [0.5, 0.6) is 5.75 Å². The SMILES string of the molecule is CC(CN)c1ccc(COc2ccc(F)cc2)cc1. The number of rotatable bonds is 5. The largest absolute Gasteiger partial charge is 0.489 e. The fraction of sp³-hybridized carbons (Fsp3) is 0.250. The van der Waals surface area contributed by atoms with E-state index in [0.29, 0.717) is 24.8 Å². The molecule has 0 aliphatic carbocycles. The van der Waals surface area contributed by atoms with E-state index in [9.17, 15) is 4.39 Å². The molecule has 3 heteroatoms. The summed E-state index contributed by atoms with van der Waals surface area (Å²) in [6, 6.07) is 14.2. The highest BCUT2D eigenvalue weighted by atomic mass is 19.1. The Balaban J connectivity index is 1.94. The summed E-state index contributed by atoms with van der Waals surface area (Å²) in [6.07, 6.45) is 0. The Bertz CT molecular complexity index is 507. The molecular weight excluding hydrogens is 241 g/mol. The summed E-state index contributed by atoms with van der Waals surface area (Å²) < 4.78 is 18.3. The van der Waals surface area contributed by atoms with Gasteiger partial charge in [-0.05, 0) is 47.9 Å². The number of hydrogen-bond donors (Lipinski definition) is 1. The molecule has 2 aromatic carbocycles. The van der Waals surface area contributed by atoms with Crippen molar-refractivity contribution in [1.82, 2.24) is 0 Å². The zero-order valence-corrected chi connectivity index (χ0v) is 11.0. The van der Waals surface area contributed by atoms with Gasteiger partial charge in [0.15, 0.2) is 0 Å². The number of ether oxygens (including phenoxy) is 1. The number of halogens is 1. The first-order valence-electron chi connectivity index (χ1n) is 6.36. The Morgan fingerprint density at radius 2 is 1.68 bits per heavy atom. The fourth-order valence-electron chi connectivity index (χ4n) is 1.78. The molecule has 2 N–H and O–H groups in total. The van der Waals surface area contributed by atoms with E-state index in [1.54, 1.807) is 12.1 Å². The molecule has 0 amide bonds. The van der Waals surface area contributed by atoms with Crippen molar-refractivity contribution in [3.63, 3.8) is 0 Å². The van der Waals surface area contributed by atoms with Crippen molar-refractivity contribution in [1.29, 1.82) is 0 Å². The van der Waals surface area contributed by atoms with Crippen LogP contribution in [0.4, 0.5) is 4.39 Å². The first-order valence-corrected chi connectivity index (χ1v) is 6.36. The Hall–Kier alpha value is -1.87. The second kappa shape index (κ2) is 6.34. The van der Waals surface area contributed by atoms with E-state index in [-0.39, 0.29) is 5.82 Å². The van der Waals surface area contributed by atoms with E-state index < -0.39 is 0 Å². The minimum absolute atomic E-state index is 0.257. The molecule has 0 saturated heterocycles. The van der Waals surface area contributed by atoms with Crippen molar-refractivity contribution in [2.24, 2.45) is 5.73 Å². The van der Waals surface area contributed by atoms with Crippen LogP contribution in [-0.4, -0.2) is 6.54 Å². The summed E-state index contributed by atoms with van der Waals surface area (Å²) in [7, 11) is 0. The van der Waals surface area contributed by atoms with E-state index >= 15 is 0 Å². The molecule has 2 aromatic rings. The van der Waals surface area contributed by atoms with Crippen molar-refractivity contribution in [3.8, 4) is 5.75 Å². The zero-order chi connectivity index (χ0) is 13.7. The highest BCUT2D eigenvalue weighted by molar-refractivity contribution is 5.26. The third-order valence-corrected chi connectivity index (χ3v) is 3.12. The van der Waals surface area contributed by atoms with Gasteiger partial charge in [-0.2, -0.15) is 0 Å². The van der Waals surface area contributed by atoms with Crippen LogP contribution in [-0.2, 0) is 6.61 Å². The molecule has 0 radical (unpaired) electrons. The van der Waals surface area contributed by atoms with Gasteiger partial charge in [0.1, 0.15) is 18.2 Å². The fourth-order valence-corrected chi connectivity index (χ4v) is 1.78. The molecule has 2 nitrogen and oxygen atoms in total. The van der Waals surface area contributed by atoms with Crippen LogP contribution in [0.3, 0.4) is 0 Å². The van der Waals surface area contributed by atoms with Crippen molar-refractivity contribution in [3.05, 3.63) is 65.5 Å². The second-order valence-electron chi connectivity index (χ2n) is 4.62. The van der Waals surface area contributed by atoms with Crippen LogP contribution >= 0.6 is 0 Å². The molecule has 19 heavy (non-hydrogen) atoms. The maximum absolute atomic E-state index is 12.7. The van der Waals surface area contributed by atoms with E-state index in [4.69, 9.17) is 10.5 Å². The van der Waals surface area contributed by atoms with Crippen molar-refractivity contribution >= 4 is 0 Å². The predicted octanol–water partition coefficient (Wildman–Crippen LogP) is 3.47. The predicted molar refractivity (Wildman–Crippen MR) is 74.6 cm³/mol. The molecule has 1 unspecified atom stereocenters. The van der Waals surface area contributed by atoms with Gasteiger partial charge >= 0.3 is 0 Å². The standard InChI is InChI=1S/C16H18FNO/c1-12(10-18)14-4-2-13(3-5-14)11-19-16-8-6-15(17)7-9-16/h2-9,12H,10-11,18H2,1H3. The van der Waals surface area contributed by atoms with Crippen LogP contribution in [0.15, 0.2) is 48.5 Å². The molecule has 0 spiro atoms. The lowest BCUT2D eigenvalue weighted by atomic mass is 10.0. The van der Waals surface area contributed by atoms with Crippen LogP contribution in [0.25, 0.3) is 0 Å². The maximum atomic E-state index is 12.7. The third kappa shape index (κ3) is 3.80. The number of benzene rings is 2. The quantitative estimate of drug-likeness (QED) is 0.892. The molecule has 1 atom stereocenters. The molecule has 0 heterocycles. The first-order chi connectivity index (χ1) is 9.19. The second-order valence-corrected chi connectivity index (χ2v) is 4.62. The van der Waals surface area contributed by atoms with Gasteiger partial charge < -0.3 is 10.5 Å². The van der Waals surface area contributed by atoms with Gasteiger partial charge in [0.2, 0.25) is 0 Å². The van der Waals surface area contributed by atoms with Crippen molar-refractivity contribution < 1.29 is 9.13 Å². The molecule has 0 aliphatic rings. The van der Waals surface area contributed by atoms with Gasteiger partial charge in [-0.15, -0.1) is 0 Å². The molecule has 0 fully saturated rings. The van der Waals surface area contributed by atoms with Gasteiger partial charge in [0.25, 0.3) is 0 Å². The highest BCUT2D eigenvalue weighted by Crippen LogP contribution is 2.17. The van der Waals surface area contributed by atoms with E-state index in [1.165, 1.54) is 17.7 Å². The average molecular weight is 259 g/mol. The van der Waals surface area contributed by atoms with Gasteiger partial charge in [-0.25, -0.2) is 4.39 Å². The first kappa shape index (κ1) is 13.6. The van der Waals surface area contributed by atoms with Crippen LogP contribution in [0.1, 0.15) is 24.0 Å². The van der Waals surface area contributed by atoms with Crippen LogP contribution < -0.4 is 10.5 Å². The summed E-state index contributed by atoms with van der Waals surface area (Å²) in [6.45, 7) is 3.22. The minimum Gasteiger partial charge on any atom is -0.489 e. The van der Waals surface area contributed by atoms with E-state index in [2.05, 4.69) is 19.1 Å². The summed E-state index contributed by atoms with van der Waals surface area (Å²) in [5.74, 6) is 0.778. The topological polar surface area (TPSA) is 35.2 Å². The van der Waals surface area contributed by atoms with Crippen LogP contribution in [0.2, 0.25) is 0 Å². The molecular formula is C16H18FNO. The zero-order valence-electron chi connectivity index (χ0n) is 11.0. The summed E-state index contributed by atoms with van der Waals surface area (Å²) in [4.78, 5) is 0. The summed E-state index contributed by atoms with van der Waals surface area (Å²) >= 11 is 0. The molecule has 0 bridgehead atoms. The Morgan fingerprint density at radius 1 is 1.05 bits per heavy atom. The van der Waals surface area contributed by atoms with E-state index in [1.807, 2.05) is 12.1 Å². The molecule has 100 valence electrons. The third-order valence-electron chi connectivity index (χ3n) is 3.12. The number of nitrogens with two attached hydrogens (primary N) is 1. The van der Waals surface area contributed by atoms with Gasteiger partial charge in [0, 0.05) is 0 Å². The lowest BCUT2D eigenvalue weighted by Crippen LogP contribution is -2.08. The van der Waals surface area contributed by atoms with Gasteiger partial charge in [-0.3, -0.25) is 0 Å². The normalized spacial score (nSPS) is 12.2. The number of hydrogen-bond acceptors (Lipinski definition) is 2.